The molecule has 18 heavy (non-hydrogen) atoms. The number of aromatic nitrogens is 1. The van der Waals surface area contributed by atoms with Crippen molar-refractivity contribution in [3.63, 3.8) is 0 Å². The molecule has 0 spiro atoms. The van der Waals surface area contributed by atoms with Crippen LogP contribution in [0.15, 0.2) is 18.2 Å². The summed E-state index contributed by atoms with van der Waals surface area (Å²) in [6, 6.07) is 5.87. The number of nitrogens with one attached hydrogen (secondary N) is 2. The monoisotopic (exact) mass is 247 g/mol. The molecule has 1 heterocycles. The second-order valence-electron chi connectivity index (χ2n) is 4.21. The zero-order valence-corrected chi connectivity index (χ0v) is 10.5. The Morgan fingerprint density at radius 2 is 2.28 bits per heavy atom. The van der Waals surface area contributed by atoms with Gasteiger partial charge in [0.1, 0.15) is 5.75 Å². The lowest BCUT2D eigenvalue weighted by molar-refractivity contribution is -0.121. The molecule has 0 saturated heterocycles. The summed E-state index contributed by atoms with van der Waals surface area (Å²) in [5.41, 5.74) is 5.40. The van der Waals surface area contributed by atoms with Crippen LogP contribution in [0, 0.1) is 6.92 Å². The molecule has 0 bridgehead atoms. The Kier molecular flexibility index (Phi) is 3.53. The number of carbonyl (C=O) groups excluding carboxylic acids is 1. The molecule has 2 rings (SSSR count). The molecular formula is C13H17N3O2. The van der Waals surface area contributed by atoms with E-state index < -0.39 is 0 Å². The Bertz CT molecular complexity index is 575. The number of hydrogen-bond acceptors (Lipinski definition) is 3. The van der Waals surface area contributed by atoms with Crippen LogP contribution in [0.25, 0.3) is 10.9 Å². The number of aromatic amines is 1. The summed E-state index contributed by atoms with van der Waals surface area (Å²) in [6.45, 7) is 2.00. The molecule has 1 amide bonds. The first-order valence-electron chi connectivity index (χ1n) is 5.80. The summed E-state index contributed by atoms with van der Waals surface area (Å²) < 4.78 is 5.22. The highest BCUT2D eigenvalue weighted by molar-refractivity contribution is 5.86. The van der Waals surface area contributed by atoms with E-state index in [1.165, 1.54) is 0 Å². The number of aryl methyl sites for hydroxylation is 2. The zero-order valence-electron chi connectivity index (χ0n) is 10.5. The van der Waals surface area contributed by atoms with Crippen molar-refractivity contribution in [2.75, 3.05) is 7.11 Å². The first-order chi connectivity index (χ1) is 8.65. The summed E-state index contributed by atoms with van der Waals surface area (Å²) in [7, 11) is 1.64. The first kappa shape index (κ1) is 12.4. The molecule has 0 unspecified atom stereocenters. The molecule has 0 aliphatic heterocycles. The van der Waals surface area contributed by atoms with Gasteiger partial charge < -0.3 is 9.72 Å². The average Bonchev–Trinajstić information content (AvgIpc) is 2.70. The Balaban J connectivity index is 2.35. The number of H-pyrrole nitrogens is 1. The minimum atomic E-state index is -0.161. The van der Waals surface area contributed by atoms with Crippen LogP contribution in [-0.2, 0) is 11.2 Å². The molecule has 5 nitrogen and oxygen atoms in total. The zero-order chi connectivity index (χ0) is 13.1. The number of hydrazine groups is 1. The number of rotatable bonds is 4. The molecule has 2 aromatic rings. The van der Waals surface area contributed by atoms with Crippen molar-refractivity contribution in [1.29, 1.82) is 0 Å². The van der Waals surface area contributed by atoms with Crippen molar-refractivity contribution in [2.45, 2.75) is 19.8 Å². The van der Waals surface area contributed by atoms with Crippen molar-refractivity contribution in [1.82, 2.24) is 10.4 Å². The number of nitrogens with two attached hydrogens (primary N) is 1. The number of benzene rings is 1. The van der Waals surface area contributed by atoms with E-state index in [0.717, 1.165) is 27.9 Å². The summed E-state index contributed by atoms with van der Waals surface area (Å²) in [5.74, 6) is 5.73. The van der Waals surface area contributed by atoms with E-state index in [1.807, 2.05) is 25.1 Å². The van der Waals surface area contributed by atoms with Gasteiger partial charge in [0.2, 0.25) is 5.91 Å². The number of carbonyl (C=O) groups is 1. The van der Waals surface area contributed by atoms with Gasteiger partial charge in [-0.05, 0) is 37.1 Å². The van der Waals surface area contributed by atoms with Crippen molar-refractivity contribution < 1.29 is 9.53 Å². The molecule has 5 heteroatoms. The minimum absolute atomic E-state index is 0.161. The SMILES string of the molecule is COc1ccc2[nH]c(C)c(CCC(=O)NN)c2c1. The number of hydrogen-bond donors (Lipinski definition) is 3. The van der Waals surface area contributed by atoms with Crippen LogP contribution < -0.4 is 16.0 Å². The molecule has 0 aliphatic rings. The van der Waals surface area contributed by atoms with Crippen molar-refractivity contribution in [3.05, 3.63) is 29.5 Å². The normalized spacial score (nSPS) is 10.6. The Labute approximate surface area is 105 Å². The average molecular weight is 247 g/mol. The highest BCUT2D eigenvalue weighted by Crippen LogP contribution is 2.27. The smallest absolute Gasteiger partial charge is 0.234 e. The Morgan fingerprint density at radius 1 is 1.50 bits per heavy atom. The molecule has 0 atom stereocenters. The maximum absolute atomic E-state index is 11.2. The van der Waals surface area contributed by atoms with E-state index >= 15 is 0 Å². The van der Waals surface area contributed by atoms with Gasteiger partial charge in [0.05, 0.1) is 7.11 Å². The molecule has 4 N–H and O–H groups in total. The van der Waals surface area contributed by atoms with E-state index in [0.29, 0.717) is 12.8 Å². The second kappa shape index (κ2) is 5.10. The third kappa shape index (κ3) is 2.31. The van der Waals surface area contributed by atoms with Crippen LogP contribution >= 0.6 is 0 Å². The van der Waals surface area contributed by atoms with E-state index in [2.05, 4.69) is 10.4 Å². The summed E-state index contributed by atoms with van der Waals surface area (Å²) >= 11 is 0. The van der Waals surface area contributed by atoms with Crippen LogP contribution in [0.5, 0.6) is 5.75 Å². The Morgan fingerprint density at radius 3 is 2.94 bits per heavy atom. The maximum Gasteiger partial charge on any atom is 0.234 e. The molecule has 1 aromatic heterocycles. The molecule has 96 valence electrons. The van der Waals surface area contributed by atoms with Crippen LogP contribution in [0.2, 0.25) is 0 Å². The summed E-state index contributed by atoms with van der Waals surface area (Å²) in [5, 5.41) is 1.09. The van der Waals surface area contributed by atoms with E-state index in [-0.39, 0.29) is 5.91 Å². The molecule has 0 saturated carbocycles. The highest BCUT2D eigenvalue weighted by atomic mass is 16.5. The quantitative estimate of drug-likeness (QED) is 0.434. The summed E-state index contributed by atoms with van der Waals surface area (Å²) in [4.78, 5) is 14.5. The van der Waals surface area contributed by atoms with Gasteiger partial charge in [-0.15, -0.1) is 0 Å². The van der Waals surface area contributed by atoms with Crippen molar-refractivity contribution in [2.24, 2.45) is 5.84 Å². The van der Waals surface area contributed by atoms with Crippen LogP contribution in [0.1, 0.15) is 17.7 Å². The van der Waals surface area contributed by atoms with Crippen LogP contribution in [0.4, 0.5) is 0 Å². The van der Waals surface area contributed by atoms with E-state index in [4.69, 9.17) is 10.6 Å². The van der Waals surface area contributed by atoms with Gasteiger partial charge in [-0.2, -0.15) is 0 Å². The van der Waals surface area contributed by atoms with Gasteiger partial charge in [0.25, 0.3) is 0 Å². The van der Waals surface area contributed by atoms with Crippen molar-refractivity contribution >= 4 is 16.8 Å². The van der Waals surface area contributed by atoms with Gasteiger partial charge >= 0.3 is 0 Å². The largest absolute Gasteiger partial charge is 0.497 e. The standard InChI is InChI=1S/C13H17N3O2/c1-8-10(4-6-13(17)16-14)11-7-9(18-2)3-5-12(11)15-8/h3,5,7,15H,4,6,14H2,1-2H3,(H,16,17). The molecular weight excluding hydrogens is 230 g/mol. The van der Waals surface area contributed by atoms with Crippen molar-refractivity contribution in [3.8, 4) is 5.75 Å². The number of fused-ring (bicyclic) bond motifs is 1. The van der Waals surface area contributed by atoms with Crippen LogP contribution in [0.3, 0.4) is 0 Å². The van der Waals surface area contributed by atoms with Gasteiger partial charge in [-0.3, -0.25) is 10.2 Å². The predicted molar refractivity (Wildman–Crippen MR) is 70.2 cm³/mol. The lowest BCUT2D eigenvalue weighted by Crippen LogP contribution is -2.30. The minimum Gasteiger partial charge on any atom is -0.497 e. The molecule has 0 radical (unpaired) electrons. The topological polar surface area (TPSA) is 80.1 Å². The fourth-order valence-corrected chi connectivity index (χ4v) is 2.12. The lowest BCUT2D eigenvalue weighted by atomic mass is 10.1. The molecule has 0 fully saturated rings. The second-order valence-corrected chi connectivity index (χ2v) is 4.21. The molecule has 0 aliphatic carbocycles. The fourth-order valence-electron chi connectivity index (χ4n) is 2.12. The van der Waals surface area contributed by atoms with Crippen LogP contribution in [-0.4, -0.2) is 18.0 Å². The fraction of sp³-hybridized carbons (Fsp3) is 0.308. The van der Waals surface area contributed by atoms with E-state index in [1.54, 1.807) is 7.11 Å². The van der Waals surface area contributed by atoms with E-state index in [9.17, 15) is 4.79 Å². The first-order valence-corrected chi connectivity index (χ1v) is 5.80. The number of ether oxygens (including phenoxy) is 1. The Hall–Kier alpha value is -2.01. The number of amides is 1. The number of methoxy groups -OCH3 is 1. The van der Waals surface area contributed by atoms with Gasteiger partial charge in [0, 0.05) is 23.0 Å². The third-order valence-electron chi connectivity index (χ3n) is 3.09. The van der Waals surface area contributed by atoms with Gasteiger partial charge in [-0.25, -0.2) is 5.84 Å². The molecule has 1 aromatic carbocycles. The van der Waals surface area contributed by atoms with Gasteiger partial charge in [0.15, 0.2) is 0 Å². The third-order valence-corrected chi connectivity index (χ3v) is 3.09. The summed E-state index contributed by atoms with van der Waals surface area (Å²) in [6.07, 6.45) is 1.03. The highest BCUT2D eigenvalue weighted by Gasteiger charge is 2.10. The van der Waals surface area contributed by atoms with Gasteiger partial charge in [-0.1, -0.05) is 0 Å². The maximum atomic E-state index is 11.2. The lowest BCUT2D eigenvalue weighted by Gasteiger charge is -2.03. The predicted octanol–water partition coefficient (Wildman–Crippen LogP) is 1.41.